The molecular formula is C15H23Cl2F3N2. The average molecular weight is 359 g/mol. The summed E-state index contributed by atoms with van der Waals surface area (Å²) in [6, 6.07) is 2.24. The number of rotatable bonds is 5. The Morgan fingerprint density at radius 3 is 2.14 bits per heavy atom. The lowest BCUT2D eigenvalue weighted by Gasteiger charge is -2.35. The van der Waals surface area contributed by atoms with E-state index in [-0.39, 0.29) is 30.9 Å². The van der Waals surface area contributed by atoms with E-state index in [0.717, 1.165) is 57.6 Å². The van der Waals surface area contributed by atoms with Crippen molar-refractivity contribution >= 4 is 24.8 Å². The molecule has 1 atom stereocenters. The van der Waals surface area contributed by atoms with Crippen molar-refractivity contribution in [2.75, 3.05) is 26.2 Å². The summed E-state index contributed by atoms with van der Waals surface area (Å²) in [7, 11) is 0. The van der Waals surface area contributed by atoms with Gasteiger partial charge in [0.05, 0.1) is 0 Å². The van der Waals surface area contributed by atoms with E-state index in [2.05, 4.69) is 17.1 Å². The van der Waals surface area contributed by atoms with Crippen molar-refractivity contribution in [3.63, 3.8) is 0 Å². The van der Waals surface area contributed by atoms with E-state index >= 15 is 0 Å². The van der Waals surface area contributed by atoms with Gasteiger partial charge in [-0.1, -0.05) is 19.8 Å². The predicted molar refractivity (Wildman–Crippen MR) is 87.5 cm³/mol. The number of benzene rings is 1. The second-order valence-corrected chi connectivity index (χ2v) is 5.24. The number of unbranched alkanes of at least 4 members (excludes halogenated alkanes) is 1. The summed E-state index contributed by atoms with van der Waals surface area (Å²) in [5.74, 6) is -3.59. The molecule has 1 aromatic carbocycles. The largest absolute Gasteiger partial charge is 0.314 e. The number of hydrogen-bond acceptors (Lipinski definition) is 2. The number of piperazine rings is 1. The van der Waals surface area contributed by atoms with Crippen LogP contribution in [0, 0.1) is 17.5 Å². The van der Waals surface area contributed by atoms with Crippen LogP contribution in [0.1, 0.15) is 37.8 Å². The number of halogens is 5. The van der Waals surface area contributed by atoms with Gasteiger partial charge in [0, 0.05) is 32.2 Å². The molecule has 1 aliphatic heterocycles. The Balaban J connectivity index is 0.00000220. The van der Waals surface area contributed by atoms with Gasteiger partial charge in [-0.2, -0.15) is 0 Å². The molecule has 0 aromatic heterocycles. The van der Waals surface area contributed by atoms with Gasteiger partial charge in [0.25, 0.3) is 0 Å². The molecule has 1 aliphatic rings. The Hall–Kier alpha value is -0.490. The Bertz CT molecular complexity index is 431. The summed E-state index contributed by atoms with van der Waals surface area (Å²) in [6.45, 7) is 5.51. The molecule has 0 bridgehead atoms. The van der Waals surface area contributed by atoms with Gasteiger partial charge in [-0.05, 0) is 24.1 Å². The Kier molecular flexibility index (Phi) is 10.1. The van der Waals surface area contributed by atoms with E-state index in [1.165, 1.54) is 0 Å². The van der Waals surface area contributed by atoms with Crippen LogP contribution in [0.25, 0.3) is 0 Å². The summed E-state index contributed by atoms with van der Waals surface area (Å²) < 4.78 is 40.0. The Labute approximate surface area is 142 Å². The molecule has 2 nitrogen and oxygen atoms in total. The lowest BCUT2D eigenvalue weighted by atomic mass is 9.98. The van der Waals surface area contributed by atoms with E-state index in [9.17, 15) is 13.2 Å². The summed E-state index contributed by atoms with van der Waals surface area (Å²) in [5.41, 5.74) is 0.539. The monoisotopic (exact) mass is 358 g/mol. The molecule has 2 rings (SSSR count). The van der Waals surface area contributed by atoms with Gasteiger partial charge in [0.1, 0.15) is 0 Å². The highest BCUT2D eigenvalue weighted by atomic mass is 35.5. The maximum absolute atomic E-state index is 13.4. The van der Waals surface area contributed by atoms with Gasteiger partial charge in [0.2, 0.25) is 0 Å². The zero-order valence-corrected chi connectivity index (χ0v) is 14.2. The number of nitrogens with one attached hydrogen (secondary N) is 1. The topological polar surface area (TPSA) is 15.3 Å². The Morgan fingerprint density at radius 1 is 1.09 bits per heavy atom. The average Bonchev–Trinajstić information content (AvgIpc) is 2.46. The summed E-state index contributed by atoms with van der Waals surface area (Å²) in [6.07, 6.45) is 2.84. The number of hydrogen-bond donors (Lipinski definition) is 1. The predicted octanol–water partition coefficient (Wildman–Crippen LogP) is 4.08. The second-order valence-electron chi connectivity index (χ2n) is 5.24. The minimum Gasteiger partial charge on any atom is -0.314 e. The lowest BCUT2D eigenvalue weighted by Crippen LogP contribution is -2.45. The molecule has 1 aromatic rings. The van der Waals surface area contributed by atoms with Crippen LogP contribution in [0.4, 0.5) is 13.2 Å². The minimum atomic E-state index is -1.39. The van der Waals surface area contributed by atoms with Crippen LogP contribution in [0.2, 0.25) is 0 Å². The highest BCUT2D eigenvalue weighted by Gasteiger charge is 2.24. The smallest absolute Gasteiger partial charge is 0.194 e. The molecule has 1 N–H and O–H groups in total. The van der Waals surface area contributed by atoms with E-state index in [4.69, 9.17) is 0 Å². The summed E-state index contributed by atoms with van der Waals surface area (Å²) in [4.78, 5) is 2.22. The first kappa shape index (κ1) is 21.5. The first-order chi connectivity index (χ1) is 9.63. The molecule has 0 amide bonds. The standard InChI is InChI=1S/C15H21F3N2.2ClH/c1-2-3-4-14(20-7-5-19-6-8-20)11-9-12(16)15(18)13(17)10-11;;/h9-10,14,19H,2-8H2,1H3;2*1H/t14-;;/m0../s1. The molecule has 0 spiro atoms. The van der Waals surface area contributed by atoms with Crippen molar-refractivity contribution in [1.82, 2.24) is 10.2 Å². The maximum Gasteiger partial charge on any atom is 0.194 e. The molecule has 1 fully saturated rings. The lowest BCUT2D eigenvalue weighted by molar-refractivity contribution is 0.162. The molecule has 1 heterocycles. The molecule has 22 heavy (non-hydrogen) atoms. The molecule has 0 unspecified atom stereocenters. The van der Waals surface area contributed by atoms with Crippen molar-refractivity contribution in [3.05, 3.63) is 35.1 Å². The van der Waals surface area contributed by atoms with Gasteiger partial charge in [-0.15, -0.1) is 24.8 Å². The maximum atomic E-state index is 13.4. The number of nitrogens with zero attached hydrogens (tertiary/aromatic N) is 1. The van der Waals surface area contributed by atoms with Crippen LogP contribution in [-0.2, 0) is 0 Å². The first-order valence-corrected chi connectivity index (χ1v) is 7.22. The van der Waals surface area contributed by atoms with Crippen LogP contribution in [0.5, 0.6) is 0 Å². The molecule has 128 valence electrons. The van der Waals surface area contributed by atoms with Crippen LogP contribution >= 0.6 is 24.8 Å². The fraction of sp³-hybridized carbons (Fsp3) is 0.600. The highest BCUT2D eigenvalue weighted by molar-refractivity contribution is 5.85. The fourth-order valence-electron chi connectivity index (χ4n) is 2.72. The van der Waals surface area contributed by atoms with Crippen molar-refractivity contribution in [2.24, 2.45) is 0 Å². The van der Waals surface area contributed by atoms with Gasteiger partial charge in [-0.3, -0.25) is 4.90 Å². The van der Waals surface area contributed by atoms with Crippen LogP contribution < -0.4 is 5.32 Å². The second kappa shape index (κ2) is 10.3. The van der Waals surface area contributed by atoms with Crippen LogP contribution in [0.3, 0.4) is 0 Å². The first-order valence-electron chi connectivity index (χ1n) is 7.22. The third-order valence-electron chi connectivity index (χ3n) is 3.81. The molecule has 0 aliphatic carbocycles. The SMILES string of the molecule is CCCC[C@@H](c1cc(F)c(F)c(F)c1)N1CCNCC1.Cl.Cl. The van der Waals surface area contributed by atoms with E-state index in [1.807, 2.05) is 0 Å². The third-order valence-corrected chi connectivity index (χ3v) is 3.81. The zero-order chi connectivity index (χ0) is 14.5. The zero-order valence-electron chi connectivity index (χ0n) is 12.6. The quantitative estimate of drug-likeness (QED) is 0.797. The van der Waals surface area contributed by atoms with Gasteiger partial charge >= 0.3 is 0 Å². The van der Waals surface area contributed by atoms with Crippen molar-refractivity contribution in [2.45, 2.75) is 32.2 Å². The van der Waals surface area contributed by atoms with Gasteiger partial charge in [-0.25, -0.2) is 13.2 Å². The summed E-state index contributed by atoms with van der Waals surface area (Å²) >= 11 is 0. The normalized spacial score (nSPS) is 16.5. The molecule has 7 heteroatoms. The Morgan fingerprint density at radius 2 is 1.64 bits per heavy atom. The van der Waals surface area contributed by atoms with Gasteiger partial charge < -0.3 is 5.32 Å². The van der Waals surface area contributed by atoms with Crippen LogP contribution in [-0.4, -0.2) is 31.1 Å². The third kappa shape index (κ3) is 5.30. The summed E-state index contributed by atoms with van der Waals surface area (Å²) in [5, 5.41) is 3.26. The van der Waals surface area contributed by atoms with Crippen molar-refractivity contribution in [3.8, 4) is 0 Å². The van der Waals surface area contributed by atoms with Crippen molar-refractivity contribution in [1.29, 1.82) is 0 Å². The van der Waals surface area contributed by atoms with E-state index < -0.39 is 17.5 Å². The minimum absolute atomic E-state index is 0. The van der Waals surface area contributed by atoms with E-state index in [1.54, 1.807) is 0 Å². The van der Waals surface area contributed by atoms with E-state index in [0.29, 0.717) is 5.56 Å². The molecular weight excluding hydrogens is 336 g/mol. The van der Waals surface area contributed by atoms with Crippen molar-refractivity contribution < 1.29 is 13.2 Å². The molecule has 0 radical (unpaired) electrons. The van der Waals surface area contributed by atoms with Gasteiger partial charge in [0.15, 0.2) is 17.5 Å². The highest BCUT2D eigenvalue weighted by Crippen LogP contribution is 2.29. The van der Waals surface area contributed by atoms with Crippen LogP contribution in [0.15, 0.2) is 12.1 Å². The molecule has 1 saturated heterocycles. The fourth-order valence-corrected chi connectivity index (χ4v) is 2.72. The molecule has 0 saturated carbocycles.